The van der Waals surface area contributed by atoms with Crippen LogP contribution in [0.4, 0.5) is 0 Å². The molecule has 1 fully saturated rings. The molecule has 2 aromatic carbocycles. The van der Waals surface area contributed by atoms with Crippen LogP contribution in [0.1, 0.15) is 38.8 Å². The Balaban J connectivity index is 1.50. The summed E-state index contributed by atoms with van der Waals surface area (Å²) in [6.07, 6.45) is 4.16. The topological polar surface area (TPSA) is 69.0 Å². The number of hydrogen-bond donors (Lipinski definition) is 0. The van der Waals surface area contributed by atoms with Gasteiger partial charge in [0.1, 0.15) is 11.4 Å². The van der Waals surface area contributed by atoms with E-state index in [1.165, 1.54) is 11.8 Å². The van der Waals surface area contributed by atoms with Crippen molar-refractivity contribution < 1.29 is 14.3 Å². The average Bonchev–Trinajstić information content (AvgIpc) is 3.44. The predicted molar refractivity (Wildman–Crippen MR) is 149 cm³/mol. The number of morpholine rings is 1. The molecule has 5 rings (SSSR count). The molecule has 0 saturated carbocycles. The standard InChI is InChI=1S/C29H32N4O3S/c1-18(2)35-25-12-11-22(13-19(25)3)27-23(17-33(31-27)24-9-7-6-8-10-24)14-26-28(34)30-29(37-26)32-15-20(4)36-21(5)16-32/h6-14,17-18,20-21H,15-16H2,1-5H3/b26-14+/t20-,21-/m1/s1. The first-order valence-electron chi connectivity index (χ1n) is 12.6. The van der Waals surface area contributed by atoms with Crippen LogP contribution >= 0.6 is 11.8 Å². The summed E-state index contributed by atoms with van der Waals surface area (Å²) in [5, 5.41) is 5.66. The summed E-state index contributed by atoms with van der Waals surface area (Å²) in [7, 11) is 0. The van der Waals surface area contributed by atoms with Crippen molar-refractivity contribution in [1.82, 2.24) is 14.7 Å². The Morgan fingerprint density at radius 1 is 1.11 bits per heavy atom. The second-order valence-electron chi connectivity index (χ2n) is 9.83. The van der Waals surface area contributed by atoms with Crippen molar-refractivity contribution >= 4 is 28.9 Å². The fraction of sp³-hybridized carbons (Fsp3) is 0.345. The molecule has 192 valence electrons. The van der Waals surface area contributed by atoms with E-state index in [9.17, 15) is 4.79 Å². The number of para-hydroxylation sites is 1. The summed E-state index contributed by atoms with van der Waals surface area (Å²) in [5.41, 5.74) is 4.60. The number of aliphatic imine (C=N–C) groups is 1. The molecule has 1 aromatic heterocycles. The van der Waals surface area contributed by atoms with Crippen LogP contribution in [0.15, 0.2) is 64.6 Å². The van der Waals surface area contributed by atoms with Crippen LogP contribution in [-0.4, -0.2) is 57.2 Å². The number of aromatic nitrogens is 2. The fourth-order valence-corrected chi connectivity index (χ4v) is 5.54. The Morgan fingerprint density at radius 3 is 2.51 bits per heavy atom. The number of aryl methyl sites for hydroxylation is 1. The third kappa shape index (κ3) is 5.65. The lowest BCUT2D eigenvalue weighted by Gasteiger charge is -2.35. The van der Waals surface area contributed by atoms with Crippen molar-refractivity contribution in [3.8, 4) is 22.7 Å². The Hall–Kier alpha value is -3.36. The number of nitrogens with zero attached hydrogens (tertiary/aromatic N) is 4. The van der Waals surface area contributed by atoms with Gasteiger partial charge in [0.15, 0.2) is 5.17 Å². The number of rotatable bonds is 5. The summed E-state index contributed by atoms with van der Waals surface area (Å²) < 4.78 is 13.6. The van der Waals surface area contributed by atoms with E-state index in [1.54, 1.807) is 0 Å². The van der Waals surface area contributed by atoms with E-state index < -0.39 is 0 Å². The zero-order chi connectivity index (χ0) is 26.1. The van der Waals surface area contributed by atoms with Crippen LogP contribution < -0.4 is 4.74 Å². The molecule has 0 N–H and O–H groups in total. The molecule has 3 heterocycles. The molecule has 0 radical (unpaired) electrons. The van der Waals surface area contributed by atoms with Crippen molar-refractivity contribution in [3.05, 3.63) is 70.8 Å². The van der Waals surface area contributed by atoms with Crippen LogP contribution in [0, 0.1) is 6.92 Å². The normalized spacial score (nSPS) is 21.1. The van der Waals surface area contributed by atoms with Crippen LogP contribution in [0.5, 0.6) is 5.75 Å². The van der Waals surface area contributed by atoms with Gasteiger partial charge in [-0.25, -0.2) is 4.68 Å². The van der Waals surface area contributed by atoms with Crippen LogP contribution in [0.3, 0.4) is 0 Å². The summed E-state index contributed by atoms with van der Waals surface area (Å²) in [4.78, 5) is 20.1. The van der Waals surface area contributed by atoms with Crippen molar-refractivity contribution in [2.45, 2.75) is 52.9 Å². The van der Waals surface area contributed by atoms with Crippen molar-refractivity contribution in [2.75, 3.05) is 13.1 Å². The van der Waals surface area contributed by atoms with Gasteiger partial charge in [-0.1, -0.05) is 18.2 Å². The van der Waals surface area contributed by atoms with Gasteiger partial charge in [0.2, 0.25) is 0 Å². The van der Waals surface area contributed by atoms with Gasteiger partial charge in [0.05, 0.1) is 28.9 Å². The number of amidine groups is 1. The van der Waals surface area contributed by atoms with Gasteiger partial charge in [-0.05, 0) is 88.4 Å². The smallest absolute Gasteiger partial charge is 0.286 e. The minimum atomic E-state index is -0.220. The van der Waals surface area contributed by atoms with Gasteiger partial charge >= 0.3 is 0 Å². The first-order chi connectivity index (χ1) is 17.8. The lowest BCUT2D eigenvalue weighted by atomic mass is 10.0. The molecule has 8 heteroatoms. The number of amides is 1. The van der Waals surface area contributed by atoms with E-state index in [0.29, 0.717) is 4.91 Å². The van der Waals surface area contributed by atoms with Gasteiger partial charge in [0, 0.05) is 30.4 Å². The van der Waals surface area contributed by atoms with Crippen LogP contribution in [-0.2, 0) is 9.53 Å². The maximum Gasteiger partial charge on any atom is 0.286 e. The highest BCUT2D eigenvalue weighted by Crippen LogP contribution is 2.35. The van der Waals surface area contributed by atoms with E-state index in [2.05, 4.69) is 16.0 Å². The largest absolute Gasteiger partial charge is 0.491 e. The molecule has 0 unspecified atom stereocenters. The number of hydrogen-bond acceptors (Lipinski definition) is 6. The number of ether oxygens (including phenoxy) is 2. The fourth-order valence-electron chi connectivity index (χ4n) is 4.62. The predicted octanol–water partition coefficient (Wildman–Crippen LogP) is 5.71. The van der Waals surface area contributed by atoms with Gasteiger partial charge in [0.25, 0.3) is 5.91 Å². The summed E-state index contributed by atoms with van der Waals surface area (Å²) in [6.45, 7) is 11.6. The maximum atomic E-state index is 12.9. The summed E-state index contributed by atoms with van der Waals surface area (Å²) in [6, 6.07) is 16.1. The van der Waals surface area contributed by atoms with Crippen LogP contribution in [0.25, 0.3) is 23.0 Å². The molecule has 0 aliphatic carbocycles. The summed E-state index contributed by atoms with van der Waals surface area (Å²) in [5.74, 6) is 0.636. The van der Waals surface area contributed by atoms with Crippen LogP contribution in [0.2, 0.25) is 0 Å². The van der Waals surface area contributed by atoms with E-state index in [4.69, 9.17) is 14.6 Å². The molecule has 0 spiro atoms. The second-order valence-corrected chi connectivity index (χ2v) is 10.8. The molecule has 2 atom stereocenters. The van der Waals surface area contributed by atoms with Gasteiger partial charge in [-0.2, -0.15) is 10.1 Å². The molecule has 2 aliphatic rings. The lowest BCUT2D eigenvalue weighted by molar-refractivity contribution is -0.113. The van der Waals surface area contributed by atoms with Gasteiger partial charge in [-0.15, -0.1) is 0 Å². The van der Waals surface area contributed by atoms with Crippen molar-refractivity contribution in [3.63, 3.8) is 0 Å². The molecule has 1 amide bonds. The van der Waals surface area contributed by atoms with Gasteiger partial charge in [-0.3, -0.25) is 4.79 Å². The average molecular weight is 517 g/mol. The quantitative estimate of drug-likeness (QED) is 0.405. The molecule has 3 aromatic rings. The number of carbonyl (C=O) groups excluding carboxylic acids is 1. The van der Waals surface area contributed by atoms with E-state index in [1.807, 2.05) is 94.0 Å². The molecular formula is C29H32N4O3S. The van der Waals surface area contributed by atoms with Crippen molar-refractivity contribution in [2.24, 2.45) is 4.99 Å². The summed E-state index contributed by atoms with van der Waals surface area (Å²) >= 11 is 1.42. The Kier molecular flexibility index (Phi) is 7.22. The number of benzene rings is 2. The first-order valence-corrected chi connectivity index (χ1v) is 13.4. The number of thioether (sulfide) groups is 1. The van der Waals surface area contributed by atoms with Crippen molar-refractivity contribution in [1.29, 1.82) is 0 Å². The van der Waals surface area contributed by atoms with Gasteiger partial charge < -0.3 is 14.4 Å². The molecule has 7 nitrogen and oxygen atoms in total. The highest BCUT2D eigenvalue weighted by molar-refractivity contribution is 8.18. The van der Waals surface area contributed by atoms with E-state index >= 15 is 0 Å². The monoisotopic (exact) mass is 516 g/mol. The highest BCUT2D eigenvalue weighted by atomic mass is 32.2. The molecule has 0 bridgehead atoms. The third-order valence-electron chi connectivity index (χ3n) is 6.16. The lowest BCUT2D eigenvalue weighted by Crippen LogP contribution is -2.47. The first kappa shape index (κ1) is 25.3. The Bertz CT molecular complexity index is 1350. The zero-order valence-corrected chi connectivity index (χ0v) is 22.7. The molecular weight excluding hydrogens is 484 g/mol. The number of carbonyl (C=O) groups is 1. The maximum absolute atomic E-state index is 12.9. The molecule has 37 heavy (non-hydrogen) atoms. The minimum absolute atomic E-state index is 0.0942. The highest BCUT2D eigenvalue weighted by Gasteiger charge is 2.31. The Morgan fingerprint density at radius 2 is 1.84 bits per heavy atom. The molecule has 2 aliphatic heterocycles. The molecule has 1 saturated heterocycles. The van der Waals surface area contributed by atoms with E-state index in [0.717, 1.165) is 52.1 Å². The zero-order valence-electron chi connectivity index (χ0n) is 21.8. The minimum Gasteiger partial charge on any atom is -0.491 e. The van der Waals surface area contributed by atoms with E-state index in [-0.39, 0.29) is 24.2 Å². The Labute approximate surface area is 222 Å². The third-order valence-corrected chi connectivity index (χ3v) is 7.20. The second kappa shape index (κ2) is 10.6. The SMILES string of the molecule is Cc1cc(-c2nn(-c3ccccc3)cc2/C=C2/SC(N3C[C@@H](C)O[C@H](C)C3)=NC2=O)ccc1OC(C)C.